The minimum atomic E-state index is 0.0200. The number of rotatable bonds is 6. The molecule has 1 aliphatic rings. The Morgan fingerprint density at radius 2 is 2.23 bits per heavy atom. The van der Waals surface area contributed by atoms with E-state index in [1.807, 2.05) is 30.3 Å². The summed E-state index contributed by atoms with van der Waals surface area (Å²) >= 11 is 6.10. The molecule has 3 heterocycles. The van der Waals surface area contributed by atoms with E-state index >= 15 is 0 Å². The number of hydrogen-bond acceptors (Lipinski definition) is 6. The minimum absolute atomic E-state index is 0.0200. The molecule has 1 atom stereocenters. The summed E-state index contributed by atoms with van der Waals surface area (Å²) < 4.78 is 11.2. The van der Waals surface area contributed by atoms with E-state index in [1.54, 1.807) is 6.26 Å². The molecule has 0 bridgehead atoms. The molecule has 2 aromatic heterocycles. The maximum absolute atomic E-state index is 11.3. The van der Waals surface area contributed by atoms with Gasteiger partial charge in [-0.3, -0.25) is 4.79 Å². The molecule has 1 aliphatic heterocycles. The molecule has 134 valence electrons. The molecular formula is C18H17ClN4O3. The van der Waals surface area contributed by atoms with Crippen molar-refractivity contribution in [2.75, 3.05) is 11.9 Å². The summed E-state index contributed by atoms with van der Waals surface area (Å²) in [7, 11) is 0. The predicted molar refractivity (Wildman–Crippen MR) is 97.2 cm³/mol. The fourth-order valence-electron chi connectivity index (χ4n) is 2.93. The molecule has 4 rings (SSSR count). The number of ether oxygens (including phenoxy) is 1. The van der Waals surface area contributed by atoms with Crippen LogP contribution in [-0.2, 0) is 11.3 Å². The summed E-state index contributed by atoms with van der Waals surface area (Å²) in [4.78, 5) is 19.9. The van der Waals surface area contributed by atoms with Gasteiger partial charge in [0.1, 0.15) is 29.5 Å². The van der Waals surface area contributed by atoms with Gasteiger partial charge in [0, 0.05) is 11.8 Å². The Bertz CT molecular complexity index is 930. The maximum atomic E-state index is 11.3. The molecule has 2 N–H and O–H groups in total. The summed E-state index contributed by atoms with van der Waals surface area (Å²) in [5, 5.41) is 7.03. The van der Waals surface area contributed by atoms with Crippen molar-refractivity contribution in [1.29, 1.82) is 0 Å². The van der Waals surface area contributed by atoms with Gasteiger partial charge in [-0.1, -0.05) is 6.07 Å². The number of halogens is 1. The van der Waals surface area contributed by atoms with Crippen LogP contribution in [0.15, 0.2) is 41.0 Å². The van der Waals surface area contributed by atoms with Crippen LogP contribution in [0.5, 0.6) is 5.75 Å². The average Bonchev–Trinajstić information content (AvgIpc) is 3.29. The Morgan fingerprint density at radius 1 is 1.31 bits per heavy atom. The average molecular weight is 373 g/mol. The van der Waals surface area contributed by atoms with Crippen LogP contribution in [0, 0.1) is 0 Å². The smallest absolute Gasteiger partial charge is 0.225 e. The lowest BCUT2D eigenvalue weighted by Gasteiger charge is -2.14. The van der Waals surface area contributed by atoms with Gasteiger partial charge in [0.2, 0.25) is 11.2 Å². The van der Waals surface area contributed by atoms with Crippen LogP contribution < -0.4 is 15.4 Å². The van der Waals surface area contributed by atoms with E-state index in [0.29, 0.717) is 36.7 Å². The van der Waals surface area contributed by atoms with E-state index in [0.717, 1.165) is 17.6 Å². The van der Waals surface area contributed by atoms with Gasteiger partial charge in [-0.2, -0.15) is 0 Å². The lowest BCUT2D eigenvalue weighted by Crippen LogP contribution is -2.30. The van der Waals surface area contributed by atoms with Crippen LogP contribution in [0.4, 0.5) is 5.82 Å². The first-order valence-electron chi connectivity index (χ1n) is 8.34. The number of aromatic nitrogens is 2. The molecule has 1 aromatic carbocycles. The van der Waals surface area contributed by atoms with Crippen molar-refractivity contribution in [2.45, 2.75) is 25.4 Å². The Labute approximate surface area is 154 Å². The van der Waals surface area contributed by atoms with Gasteiger partial charge in [0.15, 0.2) is 0 Å². The number of anilines is 1. The summed E-state index contributed by atoms with van der Waals surface area (Å²) in [5.74, 6) is 2.06. The zero-order valence-electron chi connectivity index (χ0n) is 13.9. The molecule has 3 aromatic rings. The second kappa shape index (κ2) is 7.21. The zero-order chi connectivity index (χ0) is 17.9. The lowest BCUT2D eigenvalue weighted by atomic mass is 10.2. The first kappa shape index (κ1) is 16.7. The summed E-state index contributed by atoms with van der Waals surface area (Å²) in [6.07, 6.45) is 2.93. The third-order valence-corrected chi connectivity index (χ3v) is 4.37. The van der Waals surface area contributed by atoms with Crippen molar-refractivity contribution in [1.82, 2.24) is 15.3 Å². The highest BCUT2D eigenvalue weighted by Gasteiger charge is 2.21. The number of carbonyl (C=O) groups excluding carboxylic acids is 1. The second-order valence-electron chi connectivity index (χ2n) is 6.04. The Hall–Kier alpha value is -2.80. The van der Waals surface area contributed by atoms with Gasteiger partial charge in [-0.15, -0.1) is 0 Å². The quantitative estimate of drug-likeness (QED) is 0.646. The topological polar surface area (TPSA) is 89.3 Å². The lowest BCUT2D eigenvalue weighted by molar-refractivity contribution is -0.119. The van der Waals surface area contributed by atoms with Crippen LogP contribution >= 0.6 is 11.6 Å². The van der Waals surface area contributed by atoms with E-state index in [2.05, 4.69) is 20.6 Å². The number of hydrogen-bond donors (Lipinski definition) is 2. The van der Waals surface area contributed by atoms with Gasteiger partial charge in [0.05, 0.1) is 18.8 Å². The summed E-state index contributed by atoms with van der Waals surface area (Å²) in [6.45, 7) is 0.871. The summed E-state index contributed by atoms with van der Waals surface area (Å²) in [5.41, 5.74) is 0.624. The molecule has 0 aliphatic carbocycles. The minimum Gasteiger partial charge on any atom is -0.489 e. The largest absolute Gasteiger partial charge is 0.489 e. The zero-order valence-corrected chi connectivity index (χ0v) is 14.6. The van der Waals surface area contributed by atoms with E-state index in [4.69, 9.17) is 20.8 Å². The molecular weight excluding hydrogens is 356 g/mol. The maximum Gasteiger partial charge on any atom is 0.225 e. The van der Waals surface area contributed by atoms with Crippen LogP contribution in [0.2, 0.25) is 5.28 Å². The van der Waals surface area contributed by atoms with Gasteiger partial charge >= 0.3 is 0 Å². The highest BCUT2D eigenvalue weighted by atomic mass is 35.5. The SMILES string of the molecule is O=C1CCC(COc2cccc3c(NCc4ccco4)nc(Cl)nc23)N1. The Morgan fingerprint density at radius 3 is 3.00 bits per heavy atom. The van der Waals surface area contributed by atoms with Crippen LogP contribution in [-0.4, -0.2) is 28.5 Å². The van der Waals surface area contributed by atoms with Crippen molar-refractivity contribution in [3.63, 3.8) is 0 Å². The number of nitrogens with one attached hydrogen (secondary N) is 2. The predicted octanol–water partition coefficient (Wildman–Crippen LogP) is 3.15. The molecule has 7 nitrogen and oxygen atoms in total. The highest BCUT2D eigenvalue weighted by Crippen LogP contribution is 2.30. The molecule has 1 amide bonds. The third-order valence-electron chi connectivity index (χ3n) is 4.20. The van der Waals surface area contributed by atoms with Gasteiger partial charge in [-0.05, 0) is 42.3 Å². The molecule has 8 heteroatoms. The second-order valence-corrected chi connectivity index (χ2v) is 6.38. The molecule has 0 spiro atoms. The Balaban J connectivity index is 1.57. The number of nitrogens with zero attached hydrogens (tertiary/aromatic N) is 2. The number of amides is 1. The van der Waals surface area contributed by atoms with Crippen LogP contribution in [0.25, 0.3) is 10.9 Å². The number of benzene rings is 1. The molecule has 1 saturated heterocycles. The van der Waals surface area contributed by atoms with E-state index in [9.17, 15) is 4.79 Å². The molecule has 0 saturated carbocycles. The van der Waals surface area contributed by atoms with E-state index < -0.39 is 0 Å². The van der Waals surface area contributed by atoms with Gasteiger partial charge < -0.3 is 19.8 Å². The van der Waals surface area contributed by atoms with Gasteiger partial charge in [-0.25, -0.2) is 9.97 Å². The standard InChI is InChI=1S/C18H17ClN4O3/c19-18-22-16-13(17(23-18)20-9-12-3-2-8-25-12)4-1-5-14(16)26-10-11-6-7-15(24)21-11/h1-5,8,11H,6-7,9-10H2,(H,21,24)(H,20,22,23). The number of para-hydroxylation sites is 1. The molecule has 1 fully saturated rings. The van der Waals surface area contributed by atoms with Crippen molar-refractivity contribution in [2.24, 2.45) is 0 Å². The van der Waals surface area contributed by atoms with Gasteiger partial charge in [0.25, 0.3) is 0 Å². The normalized spacial score (nSPS) is 16.7. The summed E-state index contributed by atoms with van der Waals surface area (Å²) in [6, 6.07) is 9.34. The first-order chi connectivity index (χ1) is 12.7. The monoisotopic (exact) mass is 372 g/mol. The van der Waals surface area contributed by atoms with Crippen molar-refractivity contribution < 1.29 is 13.9 Å². The number of furan rings is 1. The third kappa shape index (κ3) is 3.57. The molecule has 0 radical (unpaired) electrons. The number of carbonyl (C=O) groups is 1. The van der Waals surface area contributed by atoms with E-state index in [1.165, 1.54) is 0 Å². The fraction of sp³-hybridized carbons (Fsp3) is 0.278. The van der Waals surface area contributed by atoms with Crippen molar-refractivity contribution >= 4 is 34.2 Å². The number of fused-ring (bicyclic) bond motifs is 1. The first-order valence-corrected chi connectivity index (χ1v) is 8.71. The fourth-order valence-corrected chi connectivity index (χ4v) is 3.10. The molecule has 1 unspecified atom stereocenters. The highest BCUT2D eigenvalue weighted by molar-refractivity contribution is 6.29. The van der Waals surface area contributed by atoms with Crippen LogP contribution in [0.1, 0.15) is 18.6 Å². The van der Waals surface area contributed by atoms with Crippen molar-refractivity contribution in [3.8, 4) is 5.75 Å². The molecule has 26 heavy (non-hydrogen) atoms. The van der Waals surface area contributed by atoms with E-state index in [-0.39, 0.29) is 17.2 Å². The van der Waals surface area contributed by atoms with Crippen molar-refractivity contribution in [3.05, 3.63) is 47.6 Å². The van der Waals surface area contributed by atoms with Crippen LogP contribution in [0.3, 0.4) is 0 Å². The Kier molecular flexibility index (Phi) is 4.62.